The number of hydrogen-bond donors (Lipinski definition) is 2. The Morgan fingerprint density at radius 3 is 2.67 bits per heavy atom. The van der Waals surface area contributed by atoms with Crippen LogP contribution < -0.4 is 5.73 Å². The summed E-state index contributed by atoms with van der Waals surface area (Å²) in [4.78, 5) is 0. The fourth-order valence-electron chi connectivity index (χ4n) is 1.08. The summed E-state index contributed by atoms with van der Waals surface area (Å²) >= 11 is 7.69. The molecule has 3 N–H and O–H groups in total. The molecule has 0 heterocycles. The van der Waals surface area contributed by atoms with Gasteiger partial charge in [-0.25, -0.2) is 0 Å². The number of aliphatic hydroxyl groups is 1. The van der Waals surface area contributed by atoms with Crippen molar-refractivity contribution in [2.75, 3.05) is 5.73 Å². The van der Waals surface area contributed by atoms with Gasteiger partial charge in [-0.05, 0) is 19.1 Å². The van der Waals surface area contributed by atoms with Crippen LogP contribution in [0.2, 0.25) is 5.02 Å². The zero-order chi connectivity index (χ0) is 11.4. The first kappa shape index (κ1) is 12.7. The monoisotopic (exact) mass is 245 g/mol. The normalized spacial score (nSPS) is 14.9. The Morgan fingerprint density at radius 2 is 2.13 bits per heavy atom. The maximum atomic E-state index is 9.35. The van der Waals surface area contributed by atoms with Gasteiger partial charge in [0.15, 0.2) is 0 Å². The average molecular weight is 246 g/mol. The summed E-state index contributed by atoms with van der Waals surface area (Å²) in [6.07, 6.45) is -0.321. The molecule has 15 heavy (non-hydrogen) atoms. The van der Waals surface area contributed by atoms with Crippen LogP contribution in [0.15, 0.2) is 18.2 Å². The zero-order valence-corrected chi connectivity index (χ0v) is 10.5. The van der Waals surface area contributed by atoms with Crippen LogP contribution in [0.1, 0.15) is 19.4 Å². The SMILES string of the molecule is CC(O)C(C)SCc1c(N)cccc1Cl. The highest BCUT2D eigenvalue weighted by Crippen LogP contribution is 2.28. The van der Waals surface area contributed by atoms with Crippen molar-refractivity contribution in [3.63, 3.8) is 0 Å². The number of nitrogen functional groups attached to an aromatic ring is 1. The number of hydrogen-bond acceptors (Lipinski definition) is 3. The Hall–Kier alpha value is -0.380. The van der Waals surface area contributed by atoms with E-state index >= 15 is 0 Å². The van der Waals surface area contributed by atoms with Crippen LogP contribution in [0, 0.1) is 0 Å². The predicted molar refractivity (Wildman–Crippen MR) is 68.3 cm³/mol. The Bertz CT molecular complexity index is 310. The molecule has 0 amide bonds. The highest BCUT2D eigenvalue weighted by atomic mass is 35.5. The standard InChI is InChI=1S/C11H16ClNOS/c1-7(14)8(2)15-6-9-10(12)4-3-5-11(9)13/h3-5,7-8,14H,6,13H2,1-2H3. The van der Waals surface area contributed by atoms with Gasteiger partial charge < -0.3 is 10.8 Å². The largest absolute Gasteiger partial charge is 0.398 e. The van der Waals surface area contributed by atoms with Crippen molar-refractivity contribution in [2.45, 2.75) is 31.0 Å². The third-order valence-electron chi connectivity index (χ3n) is 2.32. The molecule has 0 aliphatic carbocycles. The zero-order valence-electron chi connectivity index (χ0n) is 8.90. The van der Waals surface area contributed by atoms with E-state index in [4.69, 9.17) is 17.3 Å². The van der Waals surface area contributed by atoms with Crippen LogP contribution in [-0.4, -0.2) is 16.5 Å². The number of rotatable bonds is 4. The lowest BCUT2D eigenvalue weighted by Gasteiger charge is -2.15. The molecule has 0 spiro atoms. The third kappa shape index (κ3) is 3.59. The molecule has 2 nitrogen and oxygen atoms in total. The van der Waals surface area contributed by atoms with Crippen molar-refractivity contribution in [1.29, 1.82) is 0 Å². The van der Waals surface area contributed by atoms with E-state index in [2.05, 4.69) is 0 Å². The van der Waals surface area contributed by atoms with E-state index in [-0.39, 0.29) is 11.4 Å². The number of nitrogens with two attached hydrogens (primary N) is 1. The van der Waals surface area contributed by atoms with Crippen molar-refractivity contribution in [2.24, 2.45) is 0 Å². The van der Waals surface area contributed by atoms with Crippen molar-refractivity contribution in [1.82, 2.24) is 0 Å². The second-order valence-electron chi connectivity index (χ2n) is 3.56. The lowest BCUT2D eigenvalue weighted by atomic mass is 10.2. The number of aliphatic hydroxyl groups excluding tert-OH is 1. The highest BCUT2D eigenvalue weighted by molar-refractivity contribution is 7.99. The van der Waals surface area contributed by atoms with Crippen LogP contribution in [0.25, 0.3) is 0 Å². The molecule has 84 valence electrons. The number of halogens is 1. The van der Waals surface area contributed by atoms with Crippen molar-refractivity contribution in [3.8, 4) is 0 Å². The topological polar surface area (TPSA) is 46.2 Å². The molecule has 0 aromatic heterocycles. The van der Waals surface area contributed by atoms with Gasteiger partial charge in [-0.15, -0.1) is 0 Å². The Kier molecular flexibility index (Phi) is 4.77. The molecule has 0 fully saturated rings. The minimum absolute atomic E-state index is 0.181. The summed E-state index contributed by atoms with van der Waals surface area (Å²) in [5.41, 5.74) is 7.49. The highest BCUT2D eigenvalue weighted by Gasteiger charge is 2.11. The molecule has 0 saturated carbocycles. The van der Waals surface area contributed by atoms with Crippen molar-refractivity contribution < 1.29 is 5.11 Å². The summed E-state index contributed by atoms with van der Waals surface area (Å²) in [5.74, 6) is 0.734. The minimum Gasteiger partial charge on any atom is -0.398 e. The van der Waals surface area contributed by atoms with Crippen LogP contribution in [0.4, 0.5) is 5.69 Å². The second kappa shape index (κ2) is 5.64. The Labute approximate surface area is 99.8 Å². The lowest BCUT2D eigenvalue weighted by molar-refractivity contribution is 0.196. The number of thioether (sulfide) groups is 1. The van der Waals surface area contributed by atoms with E-state index in [0.717, 1.165) is 11.3 Å². The molecule has 1 rings (SSSR count). The first-order valence-electron chi connectivity index (χ1n) is 4.85. The van der Waals surface area contributed by atoms with Gasteiger partial charge in [0.2, 0.25) is 0 Å². The second-order valence-corrected chi connectivity index (χ2v) is 5.34. The molecule has 1 aromatic rings. The molecule has 0 aliphatic heterocycles. The Balaban J connectivity index is 2.65. The van der Waals surface area contributed by atoms with Crippen LogP contribution in [0.5, 0.6) is 0 Å². The number of anilines is 1. The Morgan fingerprint density at radius 1 is 1.47 bits per heavy atom. The first-order valence-corrected chi connectivity index (χ1v) is 6.27. The maximum absolute atomic E-state index is 9.35. The molecule has 0 aliphatic rings. The lowest BCUT2D eigenvalue weighted by Crippen LogP contribution is -2.15. The van der Waals surface area contributed by atoms with Gasteiger partial charge in [0.1, 0.15) is 0 Å². The van der Waals surface area contributed by atoms with Gasteiger partial charge in [0, 0.05) is 27.3 Å². The van der Waals surface area contributed by atoms with Crippen LogP contribution in [-0.2, 0) is 5.75 Å². The quantitative estimate of drug-likeness (QED) is 0.802. The predicted octanol–water partition coefficient (Wildman–Crippen LogP) is 2.92. The smallest absolute Gasteiger partial charge is 0.0628 e. The van der Waals surface area contributed by atoms with Gasteiger partial charge in [0.05, 0.1) is 6.10 Å². The van der Waals surface area contributed by atoms with Crippen molar-refractivity contribution in [3.05, 3.63) is 28.8 Å². The fourth-order valence-corrected chi connectivity index (χ4v) is 2.44. The summed E-state index contributed by atoms with van der Waals surface area (Å²) in [5, 5.41) is 10.2. The van der Waals surface area contributed by atoms with Gasteiger partial charge in [0.25, 0.3) is 0 Å². The van der Waals surface area contributed by atoms with E-state index in [1.54, 1.807) is 18.7 Å². The number of benzene rings is 1. The van der Waals surface area contributed by atoms with E-state index < -0.39 is 0 Å². The maximum Gasteiger partial charge on any atom is 0.0628 e. The van der Waals surface area contributed by atoms with Gasteiger partial charge in [-0.3, -0.25) is 0 Å². The van der Waals surface area contributed by atoms with E-state index in [1.807, 2.05) is 25.1 Å². The fraction of sp³-hybridized carbons (Fsp3) is 0.455. The minimum atomic E-state index is -0.321. The molecular weight excluding hydrogens is 230 g/mol. The summed E-state index contributed by atoms with van der Waals surface area (Å²) in [6.45, 7) is 3.77. The van der Waals surface area contributed by atoms with E-state index in [0.29, 0.717) is 10.7 Å². The summed E-state index contributed by atoms with van der Waals surface area (Å²) in [6, 6.07) is 5.51. The molecule has 0 bridgehead atoms. The van der Waals surface area contributed by atoms with E-state index in [1.165, 1.54) is 0 Å². The van der Waals surface area contributed by atoms with Crippen LogP contribution in [0.3, 0.4) is 0 Å². The van der Waals surface area contributed by atoms with Crippen LogP contribution >= 0.6 is 23.4 Å². The average Bonchev–Trinajstić information content (AvgIpc) is 2.16. The molecular formula is C11H16ClNOS. The molecule has 0 radical (unpaired) electrons. The van der Waals surface area contributed by atoms with Gasteiger partial charge in [-0.2, -0.15) is 11.8 Å². The molecule has 4 heteroatoms. The summed E-state index contributed by atoms with van der Waals surface area (Å²) < 4.78 is 0. The van der Waals surface area contributed by atoms with Gasteiger partial charge in [-0.1, -0.05) is 24.6 Å². The van der Waals surface area contributed by atoms with E-state index in [9.17, 15) is 5.11 Å². The summed E-state index contributed by atoms with van der Waals surface area (Å²) in [7, 11) is 0. The van der Waals surface area contributed by atoms with Crippen molar-refractivity contribution >= 4 is 29.1 Å². The van der Waals surface area contributed by atoms with Gasteiger partial charge >= 0.3 is 0 Å². The third-order valence-corrected chi connectivity index (χ3v) is 4.05. The first-order chi connectivity index (χ1) is 7.02. The molecule has 2 atom stereocenters. The molecule has 1 aromatic carbocycles. The molecule has 2 unspecified atom stereocenters. The molecule has 0 saturated heterocycles.